The van der Waals surface area contributed by atoms with Gasteiger partial charge in [0.2, 0.25) is 17.8 Å². The number of anilines is 4. The quantitative estimate of drug-likeness (QED) is 0.153. The first-order valence-electron chi connectivity index (χ1n) is 11.1. The Kier molecular flexibility index (Phi) is 7.85. The fraction of sp³-hybridized carbons (Fsp3) is 0.0800. The van der Waals surface area contributed by atoms with Crippen LogP contribution in [0.5, 0.6) is 17.2 Å². The van der Waals surface area contributed by atoms with E-state index in [0.29, 0.717) is 29.0 Å². The first-order valence-corrected chi connectivity index (χ1v) is 11.1. The van der Waals surface area contributed by atoms with Gasteiger partial charge in [0.15, 0.2) is 11.5 Å². The third-order valence-electron chi connectivity index (χ3n) is 4.97. The number of non-ortho nitro benzene ring substituents is 1. The van der Waals surface area contributed by atoms with Gasteiger partial charge in [-0.3, -0.25) is 10.1 Å². The van der Waals surface area contributed by atoms with E-state index < -0.39 is 4.92 Å². The maximum atomic E-state index is 11.0. The summed E-state index contributed by atoms with van der Waals surface area (Å²) in [5.41, 5.74) is 4.08. The smallest absolute Gasteiger partial charge is 0.271 e. The third-order valence-corrected chi connectivity index (χ3v) is 4.97. The summed E-state index contributed by atoms with van der Waals surface area (Å²) < 4.78 is 11.2. The Morgan fingerprint density at radius 2 is 1.71 bits per heavy atom. The monoisotopic (exact) mass is 511 g/mol. The largest absolute Gasteiger partial charge is 0.493 e. The number of nitrogens with one attached hydrogen (secondary N) is 3. The summed E-state index contributed by atoms with van der Waals surface area (Å²) in [7, 11) is 3.16. The van der Waals surface area contributed by atoms with Crippen molar-refractivity contribution >= 4 is 35.4 Å². The number of para-hydroxylation sites is 1. The van der Waals surface area contributed by atoms with E-state index in [-0.39, 0.29) is 22.9 Å². The van der Waals surface area contributed by atoms with E-state index in [9.17, 15) is 15.4 Å². The first kappa shape index (κ1) is 25.3. The number of nitro groups is 1. The van der Waals surface area contributed by atoms with Crippen LogP contribution in [0.25, 0.3) is 0 Å². The lowest BCUT2D eigenvalue weighted by Crippen LogP contribution is -2.07. The van der Waals surface area contributed by atoms with Crippen LogP contribution in [-0.4, -0.2) is 40.2 Å². The number of hydrogen-bond acceptors (Lipinski definition) is 12. The van der Waals surface area contributed by atoms with Gasteiger partial charge in [0.1, 0.15) is 17.4 Å². The van der Waals surface area contributed by atoms with Crippen molar-refractivity contribution in [1.82, 2.24) is 15.0 Å². The lowest BCUT2D eigenvalue weighted by molar-refractivity contribution is -0.384. The molecular formula is C25H21N9O4. The Morgan fingerprint density at radius 1 is 0.974 bits per heavy atom. The van der Waals surface area contributed by atoms with Gasteiger partial charge in [-0.15, -0.1) is 0 Å². The van der Waals surface area contributed by atoms with Crippen molar-refractivity contribution < 1.29 is 14.4 Å². The number of nitro benzene ring substituents is 1. The Balaban J connectivity index is 1.49. The number of aromatic nitrogens is 3. The highest BCUT2D eigenvalue weighted by atomic mass is 16.6. The highest BCUT2D eigenvalue weighted by molar-refractivity contribution is 5.81. The molecule has 0 amide bonds. The van der Waals surface area contributed by atoms with Crippen molar-refractivity contribution in [2.75, 3.05) is 30.2 Å². The van der Waals surface area contributed by atoms with E-state index in [1.54, 1.807) is 25.2 Å². The van der Waals surface area contributed by atoms with E-state index in [4.69, 9.17) is 9.47 Å². The molecule has 0 atom stereocenters. The summed E-state index contributed by atoms with van der Waals surface area (Å²) in [6.07, 6.45) is 1.53. The molecule has 4 rings (SSSR count). The van der Waals surface area contributed by atoms with Crippen LogP contribution in [0.3, 0.4) is 0 Å². The van der Waals surface area contributed by atoms with Crippen LogP contribution in [0, 0.1) is 21.4 Å². The van der Waals surface area contributed by atoms with E-state index in [1.165, 1.54) is 25.5 Å². The van der Waals surface area contributed by atoms with Crippen LogP contribution < -0.4 is 25.5 Å². The van der Waals surface area contributed by atoms with Crippen LogP contribution in [0.4, 0.5) is 29.2 Å². The number of benzene rings is 3. The molecule has 0 saturated carbocycles. The minimum Gasteiger partial charge on any atom is -0.493 e. The van der Waals surface area contributed by atoms with Crippen LogP contribution in [0.15, 0.2) is 71.8 Å². The number of nitriles is 1. The van der Waals surface area contributed by atoms with Gasteiger partial charge in [-0.05, 0) is 42.0 Å². The number of methoxy groups -OCH3 is 1. The maximum absolute atomic E-state index is 11.0. The predicted molar refractivity (Wildman–Crippen MR) is 141 cm³/mol. The molecule has 0 aliphatic rings. The number of rotatable bonds is 10. The molecule has 3 aromatic carbocycles. The number of nitrogens with zero attached hydrogens (tertiary/aromatic N) is 6. The molecule has 0 fully saturated rings. The summed E-state index contributed by atoms with van der Waals surface area (Å²) in [6, 6.07) is 20.2. The van der Waals surface area contributed by atoms with Crippen molar-refractivity contribution in [3.8, 4) is 23.3 Å². The molecule has 0 bridgehead atoms. The lowest BCUT2D eigenvalue weighted by atomic mass is 10.2. The Labute approximate surface area is 217 Å². The first-order chi connectivity index (χ1) is 18.5. The molecule has 0 aliphatic carbocycles. The second kappa shape index (κ2) is 11.8. The zero-order valence-electron chi connectivity index (χ0n) is 20.2. The van der Waals surface area contributed by atoms with Crippen LogP contribution in [0.2, 0.25) is 0 Å². The molecule has 13 heteroatoms. The van der Waals surface area contributed by atoms with E-state index in [1.807, 2.05) is 36.4 Å². The standard InChI is InChI=1S/C25H21N9O4/c1-27-23-30-24(29-18-6-4-3-5-7-18)32-25(31-23)33-28-15-16-8-10-21(22(12-16)37-2)38-20-11-9-19(34(35)36)13-17(20)14-26/h3-13,15H,1-2H3,(H3,27,29,30,31,32,33)/b28-15-. The fourth-order valence-electron chi connectivity index (χ4n) is 3.18. The summed E-state index contributed by atoms with van der Waals surface area (Å²) in [4.78, 5) is 23.2. The van der Waals surface area contributed by atoms with Crippen molar-refractivity contribution in [3.63, 3.8) is 0 Å². The second-order valence-electron chi connectivity index (χ2n) is 7.48. The number of hydrazone groups is 1. The van der Waals surface area contributed by atoms with Crippen LogP contribution >= 0.6 is 0 Å². The molecule has 0 spiro atoms. The summed E-state index contributed by atoms with van der Waals surface area (Å²) in [6.45, 7) is 0. The van der Waals surface area contributed by atoms with Gasteiger partial charge in [0, 0.05) is 24.9 Å². The minimum atomic E-state index is -0.579. The van der Waals surface area contributed by atoms with Gasteiger partial charge >= 0.3 is 0 Å². The van der Waals surface area contributed by atoms with Gasteiger partial charge in [0.25, 0.3) is 5.69 Å². The molecule has 1 heterocycles. The maximum Gasteiger partial charge on any atom is 0.271 e. The number of hydrogen-bond donors (Lipinski definition) is 3. The molecule has 0 unspecified atom stereocenters. The molecule has 38 heavy (non-hydrogen) atoms. The van der Waals surface area contributed by atoms with Gasteiger partial charge in [-0.1, -0.05) is 18.2 Å². The van der Waals surface area contributed by atoms with Crippen molar-refractivity contribution in [2.24, 2.45) is 5.10 Å². The van der Waals surface area contributed by atoms with Crippen molar-refractivity contribution in [2.45, 2.75) is 0 Å². The molecule has 0 saturated heterocycles. The fourth-order valence-corrected chi connectivity index (χ4v) is 3.18. The topological polar surface area (TPSA) is 173 Å². The highest BCUT2D eigenvalue weighted by Crippen LogP contribution is 2.34. The molecule has 3 N–H and O–H groups in total. The molecule has 4 aromatic rings. The van der Waals surface area contributed by atoms with Crippen LogP contribution in [0.1, 0.15) is 11.1 Å². The summed E-state index contributed by atoms with van der Waals surface area (Å²) in [5, 5.41) is 30.5. The van der Waals surface area contributed by atoms with E-state index in [0.717, 1.165) is 11.8 Å². The van der Waals surface area contributed by atoms with Gasteiger partial charge < -0.3 is 20.1 Å². The zero-order chi connectivity index (χ0) is 26.9. The predicted octanol–water partition coefficient (Wildman–Crippen LogP) is 4.68. The van der Waals surface area contributed by atoms with Crippen LogP contribution in [-0.2, 0) is 0 Å². The average Bonchev–Trinajstić information content (AvgIpc) is 2.94. The highest BCUT2D eigenvalue weighted by Gasteiger charge is 2.14. The van der Waals surface area contributed by atoms with E-state index >= 15 is 0 Å². The molecule has 0 aliphatic heterocycles. The minimum absolute atomic E-state index is 0.0236. The Bertz CT molecular complexity index is 1520. The zero-order valence-corrected chi connectivity index (χ0v) is 20.2. The molecule has 190 valence electrons. The Hall–Kier alpha value is -5.77. The number of ether oxygens (including phenoxy) is 2. The third kappa shape index (κ3) is 6.26. The van der Waals surface area contributed by atoms with Gasteiger partial charge in [-0.2, -0.15) is 25.3 Å². The summed E-state index contributed by atoms with van der Waals surface area (Å²) >= 11 is 0. The SMILES string of the molecule is CNc1nc(N/N=C\c2ccc(Oc3ccc([N+](=O)[O-])cc3C#N)c(OC)c2)nc(Nc2ccccc2)n1. The molecule has 0 radical (unpaired) electrons. The second-order valence-corrected chi connectivity index (χ2v) is 7.48. The van der Waals surface area contributed by atoms with Crippen molar-refractivity contribution in [1.29, 1.82) is 5.26 Å². The van der Waals surface area contributed by atoms with Gasteiger partial charge in [-0.25, -0.2) is 5.43 Å². The summed E-state index contributed by atoms with van der Waals surface area (Å²) in [5.74, 6) is 1.74. The average molecular weight is 512 g/mol. The molecular weight excluding hydrogens is 490 g/mol. The van der Waals surface area contributed by atoms with Crippen molar-refractivity contribution in [3.05, 3.63) is 88.0 Å². The lowest BCUT2D eigenvalue weighted by Gasteiger charge is -2.12. The van der Waals surface area contributed by atoms with Gasteiger partial charge in [0.05, 0.1) is 18.2 Å². The van der Waals surface area contributed by atoms with E-state index in [2.05, 4.69) is 36.1 Å². The Morgan fingerprint density at radius 3 is 2.42 bits per heavy atom. The molecule has 13 nitrogen and oxygen atoms in total. The normalized spacial score (nSPS) is 10.4. The molecule has 1 aromatic heterocycles.